The van der Waals surface area contributed by atoms with Crippen LogP contribution < -0.4 is 19.8 Å². The highest BCUT2D eigenvalue weighted by Gasteiger charge is 2.32. The number of furan rings is 1. The van der Waals surface area contributed by atoms with Crippen LogP contribution in [-0.2, 0) is 11.2 Å². The molecule has 2 aliphatic heterocycles. The average molecular weight is 514 g/mol. The molecule has 1 atom stereocenters. The van der Waals surface area contributed by atoms with E-state index in [0.29, 0.717) is 28.3 Å². The molecule has 0 spiro atoms. The molecule has 1 aliphatic carbocycles. The molecule has 4 aromatic rings. The molecule has 0 saturated carbocycles. The van der Waals surface area contributed by atoms with Crippen LogP contribution in [0.15, 0.2) is 80.4 Å². The molecular weight excluding hydrogens is 489 g/mol. The van der Waals surface area contributed by atoms with Gasteiger partial charge in [-0.3, -0.25) is 9.36 Å². The lowest BCUT2D eigenvalue weighted by Gasteiger charge is -2.30. The minimum Gasteiger partial charge on any atom is -0.441 e. The fourth-order valence-corrected chi connectivity index (χ4v) is 6.45. The number of aromatic nitrogens is 1. The van der Waals surface area contributed by atoms with E-state index >= 15 is 0 Å². The monoisotopic (exact) mass is 513 g/mol. The SMILES string of the molecule is O=c1/c(=C/c2ccc(N3CCOCC3)o2)sc2n1C(c1ccc(F)cc1)C1=C(N=2)c2ccccc2CC1. The third kappa shape index (κ3) is 3.88. The van der Waals surface area contributed by atoms with Gasteiger partial charge in [-0.05, 0) is 47.7 Å². The van der Waals surface area contributed by atoms with Crippen molar-refractivity contribution < 1.29 is 13.5 Å². The van der Waals surface area contributed by atoms with E-state index in [1.165, 1.54) is 29.0 Å². The number of allylic oxidation sites excluding steroid dienone is 1. The van der Waals surface area contributed by atoms with E-state index in [9.17, 15) is 9.18 Å². The first kappa shape index (κ1) is 22.4. The number of benzene rings is 2. The van der Waals surface area contributed by atoms with Gasteiger partial charge in [-0.25, -0.2) is 9.38 Å². The number of halogens is 1. The Hall–Kier alpha value is -3.75. The van der Waals surface area contributed by atoms with Crippen LogP contribution in [0.2, 0.25) is 0 Å². The van der Waals surface area contributed by atoms with Crippen molar-refractivity contribution in [1.29, 1.82) is 0 Å². The van der Waals surface area contributed by atoms with Crippen LogP contribution in [0.3, 0.4) is 0 Å². The van der Waals surface area contributed by atoms with Crippen LogP contribution in [0.25, 0.3) is 11.8 Å². The molecule has 0 N–H and O–H groups in total. The quantitative estimate of drug-likeness (QED) is 0.417. The third-order valence-electron chi connectivity index (χ3n) is 7.27. The van der Waals surface area contributed by atoms with Crippen molar-refractivity contribution in [2.75, 3.05) is 31.2 Å². The summed E-state index contributed by atoms with van der Waals surface area (Å²) >= 11 is 1.36. The zero-order chi connectivity index (χ0) is 24.9. The zero-order valence-electron chi connectivity index (χ0n) is 20.0. The smallest absolute Gasteiger partial charge is 0.271 e. The van der Waals surface area contributed by atoms with E-state index in [0.717, 1.165) is 54.2 Å². The van der Waals surface area contributed by atoms with Crippen LogP contribution in [0.4, 0.5) is 10.3 Å². The summed E-state index contributed by atoms with van der Waals surface area (Å²) in [7, 11) is 0. The highest BCUT2D eigenvalue weighted by molar-refractivity contribution is 7.07. The predicted octanol–water partition coefficient (Wildman–Crippen LogP) is 3.89. The van der Waals surface area contributed by atoms with Gasteiger partial charge in [-0.1, -0.05) is 47.7 Å². The average Bonchev–Trinajstić information content (AvgIpc) is 3.53. The number of nitrogens with zero attached hydrogens (tertiary/aromatic N) is 3. The largest absolute Gasteiger partial charge is 0.441 e. The van der Waals surface area contributed by atoms with Crippen molar-refractivity contribution in [2.45, 2.75) is 18.9 Å². The fraction of sp³-hybridized carbons (Fsp3) is 0.241. The number of ether oxygens (including phenoxy) is 1. The van der Waals surface area contributed by atoms with Gasteiger partial charge in [0.1, 0.15) is 11.6 Å². The summed E-state index contributed by atoms with van der Waals surface area (Å²) in [5.41, 5.74) is 5.15. The summed E-state index contributed by atoms with van der Waals surface area (Å²) < 4.78 is 27.6. The molecule has 2 aromatic carbocycles. The molecule has 6 nitrogen and oxygen atoms in total. The lowest BCUT2D eigenvalue weighted by atomic mass is 9.83. The molecule has 3 aliphatic rings. The van der Waals surface area contributed by atoms with Gasteiger partial charge in [-0.2, -0.15) is 0 Å². The van der Waals surface area contributed by atoms with Gasteiger partial charge in [0.05, 0.1) is 29.5 Å². The second kappa shape index (κ2) is 8.97. The van der Waals surface area contributed by atoms with Gasteiger partial charge >= 0.3 is 0 Å². The van der Waals surface area contributed by atoms with Crippen molar-refractivity contribution in [2.24, 2.45) is 4.99 Å². The van der Waals surface area contributed by atoms with Crippen LogP contribution in [0.5, 0.6) is 0 Å². The van der Waals surface area contributed by atoms with Crippen molar-refractivity contribution >= 4 is 29.0 Å². The van der Waals surface area contributed by atoms with Crippen molar-refractivity contribution in [3.63, 3.8) is 0 Å². The molecule has 0 bridgehead atoms. The van der Waals surface area contributed by atoms with Gasteiger partial charge in [0.2, 0.25) is 0 Å². The first-order valence-electron chi connectivity index (χ1n) is 12.5. The van der Waals surface area contributed by atoms with E-state index in [2.05, 4.69) is 17.0 Å². The summed E-state index contributed by atoms with van der Waals surface area (Å²) in [6.07, 6.45) is 3.47. The molecule has 1 saturated heterocycles. The molecule has 37 heavy (non-hydrogen) atoms. The van der Waals surface area contributed by atoms with Crippen LogP contribution in [0.1, 0.15) is 34.9 Å². The minimum atomic E-state index is -0.331. The molecule has 0 radical (unpaired) electrons. The molecular formula is C29H24FN3O3S. The Bertz CT molecular complexity index is 1710. The summed E-state index contributed by atoms with van der Waals surface area (Å²) in [5, 5.41) is 0. The molecule has 2 aromatic heterocycles. The van der Waals surface area contributed by atoms with Crippen LogP contribution in [-0.4, -0.2) is 30.9 Å². The summed E-state index contributed by atoms with van der Waals surface area (Å²) in [6.45, 7) is 2.90. The lowest BCUT2D eigenvalue weighted by Crippen LogP contribution is -2.38. The molecule has 0 amide bonds. The minimum absolute atomic E-state index is 0.118. The van der Waals surface area contributed by atoms with E-state index in [-0.39, 0.29) is 17.4 Å². The Balaban J connectivity index is 1.38. The van der Waals surface area contributed by atoms with Crippen molar-refractivity contribution in [3.8, 4) is 0 Å². The maximum absolute atomic E-state index is 13.8. The fourth-order valence-electron chi connectivity index (χ4n) is 5.47. The molecule has 1 fully saturated rings. The number of anilines is 1. The van der Waals surface area contributed by atoms with Crippen molar-refractivity contribution in [1.82, 2.24) is 4.57 Å². The lowest BCUT2D eigenvalue weighted by molar-refractivity contribution is 0.120. The van der Waals surface area contributed by atoms with Crippen LogP contribution in [0, 0.1) is 5.82 Å². The van der Waals surface area contributed by atoms with E-state index < -0.39 is 0 Å². The highest BCUT2D eigenvalue weighted by Crippen LogP contribution is 2.41. The molecule has 4 heterocycles. The molecule has 186 valence electrons. The van der Waals surface area contributed by atoms with Gasteiger partial charge in [0.15, 0.2) is 10.7 Å². The number of aryl methyl sites for hydroxylation is 1. The first-order valence-corrected chi connectivity index (χ1v) is 13.3. The van der Waals surface area contributed by atoms with Crippen molar-refractivity contribution in [3.05, 3.63) is 114 Å². The number of morpholine rings is 1. The molecule has 1 unspecified atom stereocenters. The van der Waals surface area contributed by atoms with Gasteiger partial charge in [0, 0.05) is 30.8 Å². The Morgan fingerprint density at radius 2 is 1.81 bits per heavy atom. The number of rotatable bonds is 3. The molecule has 7 rings (SSSR count). The maximum Gasteiger partial charge on any atom is 0.271 e. The van der Waals surface area contributed by atoms with Crippen LogP contribution >= 0.6 is 11.3 Å². The molecule has 8 heteroatoms. The predicted molar refractivity (Wildman–Crippen MR) is 141 cm³/mol. The second-order valence-electron chi connectivity index (χ2n) is 9.44. The number of hydrogen-bond acceptors (Lipinski definition) is 6. The van der Waals surface area contributed by atoms with E-state index in [1.54, 1.807) is 22.8 Å². The topological polar surface area (TPSA) is 60.0 Å². The highest BCUT2D eigenvalue weighted by atomic mass is 32.1. The van der Waals surface area contributed by atoms with Gasteiger partial charge in [0.25, 0.3) is 5.56 Å². The number of hydrogen-bond donors (Lipinski definition) is 0. The maximum atomic E-state index is 13.8. The third-order valence-corrected chi connectivity index (χ3v) is 8.25. The second-order valence-corrected chi connectivity index (χ2v) is 10.4. The van der Waals surface area contributed by atoms with Gasteiger partial charge < -0.3 is 14.1 Å². The Morgan fingerprint density at radius 1 is 1.00 bits per heavy atom. The van der Waals surface area contributed by atoms with Gasteiger partial charge in [-0.15, -0.1) is 0 Å². The normalized spacial score (nSPS) is 19.3. The Morgan fingerprint density at radius 3 is 2.65 bits per heavy atom. The summed E-state index contributed by atoms with van der Waals surface area (Å²) in [5.74, 6) is 1.10. The number of fused-ring (bicyclic) bond motifs is 3. The number of thiazole rings is 1. The first-order chi connectivity index (χ1) is 18.2. The van der Waals surface area contributed by atoms with E-state index in [4.69, 9.17) is 14.1 Å². The summed E-state index contributed by atoms with van der Waals surface area (Å²) in [6, 6.07) is 18.3. The standard InChI is InChI=1S/C29H24FN3O3S/c30-20-8-5-19(6-9-20)27-23-11-7-18-3-1-2-4-22(18)26(23)31-29-33(27)28(34)24(37-29)17-21-10-12-25(36-21)32-13-15-35-16-14-32/h1-6,8-10,12,17,27H,7,11,13-16H2/b24-17-. The Labute approximate surface area is 216 Å². The summed E-state index contributed by atoms with van der Waals surface area (Å²) in [4.78, 5) is 21.6. The Kier molecular flexibility index (Phi) is 5.44. The van der Waals surface area contributed by atoms with E-state index in [1.807, 2.05) is 24.3 Å². The zero-order valence-corrected chi connectivity index (χ0v) is 20.8.